The Bertz CT molecular complexity index is 1150. The fourth-order valence-electron chi connectivity index (χ4n) is 2.77. The molecule has 4 rings (SSSR count). The fraction of sp³-hybridized carbons (Fsp3) is 0.0417. The minimum absolute atomic E-state index is 0.245. The molecule has 0 spiro atoms. The van der Waals surface area contributed by atoms with Gasteiger partial charge in [0.1, 0.15) is 11.4 Å². The number of ether oxygens (including phenoxy) is 1. The Morgan fingerprint density at radius 2 is 1.60 bits per heavy atom. The first kappa shape index (κ1) is 19.1. The summed E-state index contributed by atoms with van der Waals surface area (Å²) in [7, 11) is 0. The highest BCUT2D eigenvalue weighted by Crippen LogP contribution is 2.29. The van der Waals surface area contributed by atoms with Gasteiger partial charge >= 0.3 is 0 Å². The summed E-state index contributed by atoms with van der Waals surface area (Å²) >= 11 is 0. The number of anilines is 3. The molecule has 2 N–H and O–H groups in total. The molecular weight excluding hydrogens is 376 g/mol. The Morgan fingerprint density at radius 1 is 0.867 bits per heavy atom. The lowest BCUT2D eigenvalue weighted by molar-refractivity contribution is 0.102. The van der Waals surface area contributed by atoms with E-state index >= 15 is 0 Å². The van der Waals surface area contributed by atoms with Gasteiger partial charge in [-0.05, 0) is 49.4 Å². The molecule has 1 amide bonds. The molecule has 0 radical (unpaired) electrons. The number of carbonyl (C=O) groups excluding carboxylic acids is 1. The van der Waals surface area contributed by atoms with Crippen LogP contribution < -0.4 is 15.4 Å². The van der Waals surface area contributed by atoms with Crippen LogP contribution in [0.2, 0.25) is 0 Å². The normalized spacial score (nSPS) is 10.3. The van der Waals surface area contributed by atoms with Crippen LogP contribution in [0.1, 0.15) is 16.1 Å². The molecule has 3 aromatic carbocycles. The Morgan fingerprint density at radius 3 is 2.40 bits per heavy atom. The molecule has 30 heavy (non-hydrogen) atoms. The van der Waals surface area contributed by atoms with Crippen LogP contribution in [0.15, 0.2) is 91.1 Å². The van der Waals surface area contributed by atoms with Crippen LogP contribution in [0.5, 0.6) is 11.5 Å². The second kappa shape index (κ2) is 8.87. The molecule has 4 aromatic rings. The molecule has 0 unspecified atom stereocenters. The van der Waals surface area contributed by atoms with E-state index in [4.69, 9.17) is 4.74 Å². The first-order valence-corrected chi connectivity index (χ1v) is 9.47. The first-order chi connectivity index (χ1) is 14.7. The lowest BCUT2D eigenvalue weighted by Crippen LogP contribution is -2.15. The van der Waals surface area contributed by atoms with Gasteiger partial charge in [0.15, 0.2) is 5.75 Å². The molecule has 0 saturated heterocycles. The van der Waals surface area contributed by atoms with Crippen LogP contribution in [0.3, 0.4) is 0 Å². The molecule has 0 aliphatic heterocycles. The smallest absolute Gasteiger partial charge is 0.274 e. The molecule has 0 fully saturated rings. The zero-order valence-electron chi connectivity index (χ0n) is 16.4. The van der Waals surface area contributed by atoms with Crippen LogP contribution >= 0.6 is 0 Å². The summed E-state index contributed by atoms with van der Waals surface area (Å²) in [4.78, 5) is 21.3. The molecule has 0 aliphatic carbocycles. The Kier molecular flexibility index (Phi) is 5.66. The number of amides is 1. The molecule has 0 saturated carbocycles. The van der Waals surface area contributed by atoms with E-state index < -0.39 is 0 Å². The van der Waals surface area contributed by atoms with Crippen molar-refractivity contribution in [1.82, 2.24) is 9.97 Å². The third-order valence-corrected chi connectivity index (χ3v) is 4.30. The second-order valence-corrected chi connectivity index (χ2v) is 6.62. The van der Waals surface area contributed by atoms with Gasteiger partial charge in [-0.15, -0.1) is 0 Å². The van der Waals surface area contributed by atoms with Gasteiger partial charge < -0.3 is 15.4 Å². The van der Waals surface area contributed by atoms with E-state index in [1.807, 2.05) is 73.7 Å². The maximum atomic E-state index is 12.8. The van der Waals surface area contributed by atoms with Crippen molar-refractivity contribution in [3.63, 3.8) is 0 Å². The summed E-state index contributed by atoms with van der Waals surface area (Å²) < 4.78 is 5.90. The van der Waals surface area contributed by atoms with Crippen LogP contribution in [0.4, 0.5) is 17.3 Å². The zero-order valence-corrected chi connectivity index (χ0v) is 16.4. The van der Waals surface area contributed by atoms with Crippen molar-refractivity contribution in [2.24, 2.45) is 0 Å². The zero-order chi connectivity index (χ0) is 20.8. The number of benzene rings is 3. The highest BCUT2D eigenvalue weighted by atomic mass is 16.5. The van der Waals surface area contributed by atoms with E-state index in [0.29, 0.717) is 23.1 Å². The van der Waals surface area contributed by atoms with Gasteiger partial charge in [0.05, 0.1) is 5.69 Å². The number of hydrogen-bond acceptors (Lipinski definition) is 5. The van der Waals surface area contributed by atoms with Crippen molar-refractivity contribution in [2.75, 3.05) is 10.6 Å². The van der Waals surface area contributed by atoms with Gasteiger partial charge in [0, 0.05) is 11.9 Å². The molecule has 148 valence electrons. The minimum Gasteiger partial charge on any atom is -0.455 e. The molecule has 6 heteroatoms. The highest BCUT2D eigenvalue weighted by molar-refractivity contribution is 6.03. The predicted octanol–water partition coefficient (Wildman–Crippen LogP) is 5.57. The first-order valence-electron chi connectivity index (χ1n) is 9.47. The average Bonchev–Trinajstić information content (AvgIpc) is 2.78. The predicted molar refractivity (Wildman–Crippen MR) is 117 cm³/mol. The minimum atomic E-state index is -0.353. The summed E-state index contributed by atoms with van der Waals surface area (Å²) in [6.07, 6.45) is 1.55. The number of para-hydroxylation sites is 3. The maximum Gasteiger partial charge on any atom is 0.274 e. The number of hydrogen-bond donors (Lipinski definition) is 2. The quantitative estimate of drug-likeness (QED) is 0.445. The lowest BCUT2D eigenvalue weighted by atomic mass is 10.2. The van der Waals surface area contributed by atoms with Crippen LogP contribution in [0, 0.1) is 6.92 Å². The average molecular weight is 396 g/mol. The maximum absolute atomic E-state index is 12.8. The summed E-state index contributed by atoms with van der Waals surface area (Å²) in [6, 6.07) is 26.1. The van der Waals surface area contributed by atoms with Crippen molar-refractivity contribution >= 4 is 23.2 Å². The van der Waals surface area contributed by atoms with Gasteiger partial charge in [0.2, 0.25) is 5.95 Å². The standard InChI is InChI=1S/C24H20N4O2/c1-17-11-13-18(14-12-17)26-24-25-16-15-21(28-24)23(29)27-20-9-5-6-10-22(20)30-19-7-3-2-4-8-19/h2-16H,1H3,(H,27,29)(H,25,26,28). The van der Waals surface area contributed by atoms with Crippen molar-refractivity contribution in [3.05, 3.63) is 102 Å². The van der Waals surface area contributed by atoms with Gasteiger partial charge in [-0.1, -0.05) is 48.0 Å². The Labute approximate surface area is 174 Å². The summed E-state index contributed by atoms with van der Waals surface area (Å²) in [5.41, 5.74) is 2.80. The van der Waals surface area contributed by atoms with Crippen molar-refractivity contribution in [3.8, 4) is 11.5 Å². The largest absolute Gasteiger partial charge is 0.455 e. The number of nitrogens with one attached hydrogen (secondary N) is 2. The van der Waals surface area contributed by atoms with E-state index in [2.05, 4.69) is 20.6 Å². The number of nitrogens with zero attached hydrogens (tertiary/aromatic N) is 2. The third kappa shape index (κ3) is 4.80. The molecule has 0 aliphatic rings. The van der Waals surface area contributed by atoms with Crippen LogP contribution in [0.25, 0.3) is 0 Å². The number of aromatic nitrogens is 2. The Balaban J connectivity index is 1.50. The monoisotopic (exact) mass is 396 g/mol. The highest BCUT2D eigenvalue weighted by Gasteiger charge is 2.13. The molecule has 0 atom stereocenters. The van der Waals surface area contributed by atoms with E-state index in [1.54, 1.807) is 24.4 Å². The van der Waals surface area contributed by atoms with Gasteiger partial charge in [-0.2, -0.15) is 0 Å². The molecule has 1 heterocycles. The van der Waals surface area contributed by atoms with Crippen molar-refractivity contribution in [1.29, 1.82) is 0 Å². The summed E-state index contributed by atoms with van der Waals surface area (Å²) in [6.45, 7) is 2.02. The van der Waals surface area contributed by atoms with Crippen LogP contribution in [-0.2, 0) is 0 Å². The number of rotatable bonds is 6. The number of aryl methyl sites for hydroxylation is 1. The van der Waals surface area contributed by atoms with Crippen molar-refractivity contribution < 1.29 is 9.53 Å². The fourth-order valence-corrected chi connectivity index (χ4v) is 2.77. The van der Waals surface area contributed by atoms with Crippen LogP contribution in [-0.4, -0.2) is 15.9 Å². The van der Waals surface area contributed by atoms with Gasteiger partial charge in [-0.25, -0.2) is 9.97 Å². The van der Waals surface area contributed by atoms with Gasteiger partial charge in [-0.3, -0.25) is 4.79 Å². The Hall–Kier alpha value is -4.19. The van der Waals surface area contributed by atoms with E-state index in [0.717, 1.165) is 11.3 Å². The molecule has 0 bridgehead atoms. The topological polar surface area (TPSA) is 76.1 Å². The summed E-state index contributed by atoms with van der Waals surface area (Å²) in [5.74, 6) is 1.23. The SMILES string of the molecule is Cc1ccc(Nc2nccc(C(=O)Nc3ccccc3Oc3ccccc3)n2)cc1. The lowest BCUT2D eigenvalue weighted by Gasteiger charge is -2.12. The van der Waals surface area contributed by atoms with Crippen molar-refractivity contribution in [2.45, 2.75) is 6.92 Å². The summed E-state index contributed by atoms with van der Waals surface area (Å²) in [5, 5.41) is 5.97. The molecule has 6 nitrogen and oxygen atoms in total. The van der Waals surface area contributed by atoms with Gasteiger partial charge in [0.25, 0.3) is 5.91 Å². The second-order valence-electron chi connectivity index (χ2n) is 6.62. The molecular formula is C24H20N4O2. The number of carbonyl (C=O) groups is 1. The van der Waals surface area contributed by atoms with E-state index in [1.165, 1.54) is 0 Å². The third-order valence-electron chi connectivity index (χ3n) is 4.30. The van der Waals surface area contributed by atoms with E-state index in [9.17, 15) is 4.79 Å². The van der Waals surface area contributed by atoms with E-state index in [-0.39, 0.29) is 11.6 Å². The molecule has 1 aromatic heterocycles.